The van der Waals surface area contributed by atoms with Gasteiger partial charge >= 0.3 is 0 Å². The third-order valence-corrected chi connectivity index (χ3v) is 0.948. The van der Waals surface area contributed by atoms with E-state index in [1.807, 2.05) is 9.24 Å². The van der Waals surface area contributed by atoms with E-state index in [-0.39, 0.29) is 5.57 Å². The van der Waals surface area contributed by atoms with Crippen molar-refractivity contribution in [3.63, 3.8) is 0 Å². The van der Waals surface area contributed by atoms with E-state index in [4.69, 9.17) is 4.74 Å². The van der Waals surface area contributed by atoms with Crippen LogP contribution in [0.25, 0.3) is 0 Å². The maximum atomic E-state index is 11.8. The summed E-state index contributed by atoms with van der Waals surface area (Å²) < 4.78 is 16.6. The first kappa shape index (κ1) is 8.90. The fraction of sp³-hybridized carbons (Fsp3) is 0.667. The van der Waals surface area contributed by atoms with Crippen LogP contribution in [0.5, 0.6) is 0 Å². The van der Waals surface area contributed by atoms with Crippen LogP contribution in [-0.4, -0.2) is 6.61 Å². The molecule has 0 saturated heterocycles. The van der Waals surface area contributed by atoms with Crippen molar-refractivity contribution >= 4 is 9.24 Å². The fourth-order valence-corrected chi connectivity index (χ4v) is 0.462. The van der Waals surface area contributed by atoms with Crippen LogP contribution < -0.4 is 0 Å². The van der Waals surface area contributed by atoms with Crippen LogP contribution in [-0.2, 0) is 4.74 Å². The SMILES string of the molecule is CCCCO/C=C(\F)P. The Hall–Kier alpha value is -0.100. The molecule has 0 heterocycles. The summed E-state index contributed by atoms with van der Waals surface area (Å²) in [4.78, 5) is 0. The lowest BCUT2D eigenvalue weighted by atomic mass is 10.4. The molecule has 54 valence electrons. The van der Waals surface area contributed by atoms with E-state index in [2.05, 4.69) is 6.92 Å². The van der Waals surface area contributed by atoms with Crippen LogP contribution in [0, 0.1) is 0 Å². The fourth-order valence-electron chi connectivity index (χ4n) is 0.366. The molecule has 0 aliphatic rings. The molecule has 0 aromatic carbocycles. The maximum absolute atomic E-state index is 11.8. The van der Waals surface area contributed by atoms with Crippen LogP contribution in [0.4, 0.5) is 4.39 Å². The van der Waals surface area contributed by atoms with Crippen molar-refractivity contribution in [2.75, 3.05) is 6.61 Å². The van der Waals surface area contributed by atoms with Crippen molar-refractivity contribution in [2.24, 2.45) is 0 Å². The van der Waals surface area contributed by atoms with Gasteiger partial charge in [0.25, 0.3) is 0 Å². The maximum Gasteiger partial charge on any atom is 0.150 e. The van der Waals surface area contributed by atoms with Crippen molar-refractivity contribution in [1.82, 2.24) is 0 Å². The normalized spacial score (nSPS) is 11.7. The monoisotopic (exact) mass is 150 g/mol. The minimum absolute atomic E-state index is 0.355. The van der Waals surface area contributed by atoms with Gasteiger partial charge in [0.2, 0.25) is 0 Å². The van der Waals surface area contributed by atoms with E-state index in [0.29, 0.717) is 6.61 Å². The standard InChI is InChI=1S/C6H12FOP/c1-2-3-4-8-5-6(7)9/h5H,2-4,9H2,1H3/b6-5+. The molecule has 0 radical (unpaired) electrons. The second kappa shape index (κ2) is 6.03. The van der Waals surface area contributed by atoms with Crippen LogP contribution in [0.2, 0.25) is 0 Å². The van der Waals surface area contributed by atoms with Crippen molar-refractivity contribution in [1.29, 1.82) is 0 Å². The molecule has 1 unspecified atom stereocenters. The molecule has 0 N–H and O–H groups in total. The quantitative estimate of drug-likeness (QED) is 0.340. The van der Waals surface area contributed by atoms with Gasteiger partial charge in [0.1, 0.15) is 11.8 Å². The van der Waals surface area contributed by atoms with Crippen molar-refractivity contribution < 1.29 is 9.13 Å². The second-order valence-corrected chi connectivity index (χ2v) is 2.28. The largest absolute Gasteiger partial charge is 0.498 e. The van der Waals surface area contributed by atoms with Crippen molar-refractivity contribution in [2.45, 2.75) is 19.8 Å². The van der Waals surface area contributed by atoms with Gasteiger partial charge < -0.3 is 4.74 Å². The first-order valence-electron chi connectivity index (χ1n) is 3.00. The number of hydrogen-bond donors (Lipinski definition) is 0. The topological polar surface area (TPSA) is 9.23 Å². The third kappa shape index (κ3) is 7.90. The van der Waals surface area contributed by atoms with Crippen LogP contribution in [0.1, 0.15) is 19.8 Å². The summed E-state index contributed by atoms with van der Waals surface area (Å²) in [6, 6.07) is 0. The molecular weight excluding hydrogens is 138 g/mol. The zero-order chi connectivity index (χ0) is 7.11. The predicted octanol–water partition coefficient (Wildman–Crippen LogP) is 2.45. The summed E-state index contributed by atoms with van der Waals surface area (Å²) in [5.74, 6) is 0. The van der Waals surface area contributed by atoms with E-state index in [1.165, 1.54) is 0 Å². The summed E-state index contributed by atoms with van der Waals surface area (Å²) in [7, 11) is 1.91. The molecule has 0 spiro atoms. The molecule has 3 heteroatoms. The van der Waals surface area contributed by atoms with Crippen LogP contribution >= 0.6 is 9.24 Å². The molecule has 9 heavy (non-hydrogen) atoms. The molecule has 0 aliphatic carbocycles. The summed E-state index contributed by atoms with van der Waals surface area (Å²) in [6.45, 7) is 2.67. The van der Waals surface area contributed by atoms with Gasteiger partial charge in [-0.2, -0.15) is 0 Å². The summed E-state index contributed by atoms with van der Waals surface area (Å²) >= 11 is 0. The lowest BCUT2D eigenvalue weighted by Crippen LogP contribution is -1.84. The molecule has 1 nitrogen and oxygen atoms in total. The summed E-state index contributed by atoms with van der Waals surface area (Å²) in [6.07, 6.45) is 3.17. The highest BCUT2D eigenvalue weighted by Crippen LogP contribution is 2.05. The average Bonchev–Trinajstić information content (AvgIpc) is 1.80. The number of unbranched alkanes of at least 4 members (excludes halogenated alkanes) is 1. The van der Waals surface area contributed by atoms with Crippen LogP contribution in [0.3, 0.4) is 0 Å². The second-order valence-electron chi connectivity index (χ2n) is 1.73. The first-order valence-corrected chi connectivity index (χ1v) is 3.58. The summed E-state index contributed by atoms with van der Waals surface area (Å²) in [5, 5.41) is 0. The Bertz CT molecular complexity index is 89.1. The van der Waals surface area contributed by atoms with Gasteiger partial charge in [0.05, 0.1) is 6.61 Å². The smallest absolute Gasteiger partial charge is 0.150 e. The van der Waals surface area contributed by atoms with E-state index in [1.54, 1.807) is 0 Å². The molecule has 0 aromatic rings. The Labute approximate surface area is 57.5 Å². The van der Waals surface area contributed by atoms with Gasteiger partial charge in [-0.05, 0) is 6.42 Å². The lowest BCUT2D eigenvalue weighted by molar-refractivity contribution is 0.238. The molecule has 0 fully saturated rings. The minimum Gasteiger partial charge on any atom is -0.498 e. The molecule has 0 rings (SSSR count). The Kier molecular flexibility index (Phi) is 5.96. The number of rotatable bonds is 4. The van der Waals surface area contributed by atoms with E-state index in [0.717, 1.165) is 19.1 Å². The third-order valence-electron chi connectivity index (χ3n) is 0.812. The van der Waals surface area contributed by atoms with Gasteiger partial charge in [-0.25, -0.2) is 4.39 Å². The average molecular weight is 150 g/mol. The molecule has 0 bridgehead atoms. The molecule has 0 saturated carbocycles. The highest BCUT2D eigenvalue weighted by molar-refractivity contribution is 7.21. The molecule has 0 amide bonds. The lowest BCUT2D eigenvalue weighted by Gasteiger charge is -1.95. The Balaban J connectivity index is 3.00. The van der Waals surface area contributed by atoms with Gasteiger partial charge in [-0.3, -0.25) is 0 Å². The van der Waals surface area contributed by atoms with E-state index < -0.39 is 0 Å². The Morgan fingerprint density at radius 1 is 1.78 bits per heavy atom. The first-order chi connectivity index (χ1) is 4.27. The zero-order valence-corrected chi connectivity index (χ0v) is 6.72. The minimum atomic E-state index is -0.355. The van der Waals surface area contributed by atoms with E-state index in [9.17, 15) is 4.39 Å². The molecule has 1 atom stereocenters. The van der Waals surface area contributed by atoms with Gasteiger partial charge in [0.15, 0.2) is 0 Å². The zero-order valence-electron chi connectivity index (χ0n) is 5.56. The Morgan fingerprint density at radius 3 is 2.89 bits per heavy atom. The van der Waals surface area contributed by atoms with Crippen LogP contribution in [0.15, 0.2) is 11.8 Å². The van der Waals surface area contributed by atoms with E-state index >= 15 is 0 Å². The molecular formula is C6H12FOP. The van der Waals surface area contributed by atoms with Gasteiger partial charge in [0, 0.05) is 0 Å². The number of ether oxygens (including phenoxy) is 1. The molecule has 0 aliphatic heterocycles. The number of halogens is 1. The highest BCUT2D eigenvalue weighted by atomic mass is 31.0. The molecule has 0 aromatic heterocycles. The Morgan fingerprint density at radius 2 is 2.44 bits per heavy atom. The predicted molar refractivity (Wildman–Crippen MR) is 39.8 cm³/mol. The van der Waals surface area contributed by atoms with Crippen molar-refractivity contribution in [3.8, 4) is 0 Å². The number of hydrogen-bond acceptors (Lipinski definition) is 1. The van der Waals surface area contributed by atoms with Gasteiger partial charge in [-0.1, -0.05) is 22.6 Å². The highest BCUT2D eigenvalue weighted by Gasteiger charge is 1.82. The summed E-state index contributed by atoms with van der Waals surface area (Å²) in [5.41, 5.74) is -0.355. The van der Waals surface area contributed by atoms with Crippen molar-refractivity contribution in [3.05, 3.63) is 11.8 Å². The van der Waals surface area contributed by atoms with Gasteiger partial charge in [-0.15, -0.1) is 0 Å².